The largest absolute Gasteiger partial charge is 0.288 e. The van der Waals surface area contributed by atoms with Crippen LogP contribution in [0, 0.1) is 0 Å². The number of hydrogen-bond donors (Lipinski definition) is 1. The van der Waals surface area contributed by atoms with Crippen LogP contribution in [0.3, 0.4) is 0 Å². The van der Waals surface area contributed by atoms with Crippen LogP contribution in [0.25, 0.3) is 0 Å². The maximum absolute atomic E-state index is 12.4. The fourth-order valence-corrected chi connectivity index (χ4v) is 2.76. The Balaban J connectivity index is 1.67. The molecule has 0 spiro atoms. The molecule has 1 atom stereocenters. The monoisotopic (exact) mass is 285 g/mol. The first-order chi connectivity index (χ1) is 10.3. The van der Waals surface area contributed by atoms with Gasteiger partial charge in [0.1, 0.15) is 12.7 Å². The van der Waals surface area contributed by atoms with Gasteiger partial charge in [-0.3, -0.25) is 15.1 Å². The van der Waals surface area contributed by atoms with Gasteiger partial charge in [0.05, 0.1) is 6.04 Å². The molecule has 6 nitrogen and oxygen atoms in total. The minimum absolute atomic E-state index is 0.00503. The second kappa shape index (κ2) is 6.49. The Bertz CT molecular complexity index is 569. The first-order valence-electron chi connectivity index (χ1n) is 7.26. The summed E-state index contributed by atoms with van der Waals surface area (Å²) < 4.78 is 1.50. The fraction of sp³-hybridized carbons (Fsp3) is 0.400. The van der Waals surface area contributed by atoms with E-state index in [1.54, 1.807) is 0 Å². The predicted octanol–water partition coefficient (Wildman–Crippen LogP) is 1.40. The SMILES string of the molecule is O=C(Nn1cnnc1)[C@@H]1CCCCN1Cc1ccccc1. The van der Waals surface area contributed by atoms with Crippen molar-refractivity contribution < 1.29 is 4.79 Å². The summed E-state index contributed by atoms with van der Waals surface area (Å²) in [7, 11) is 0. The highest BCUT2D eigenvalue weighted by molar-refractivity contribution is 5.88. The number of likely N-dealkylation sites (tertiary alicyclic amines) is 1. The Labute approximate surface area is 123 Å². The minimum atomic E-state index is -0.0960. The fourth-order valence-electron chi connectivity index (χ4n) is 2.76. The molecule has 2 heterocycles. The van der Waals surface area contributed by atoms with Crippen LogP contribution in [0.4, 0.5) is 0 Å². The van der Waals surface area contributed by atoms with Crippen molar-refractivity contribution in [1.82, 2.24) is 19.8 Å². The summed E-state index contributed by atoms with van der Waals surface area (Å²) in [5.41, 5.74) is 4.06. The summed E-state index contributed by atoms with van der Waals surface area (Å²) in [5.74, 6) is 0.00503. The highest BCUT2D eigenvalue weighted by Gasteiger charge is 2.28. The predicted molar refractivity (Wildman–Crippen MR) is 78.9 cm³/mol. The maximum Gasteiger partial charge on any atom is 0.256 e. The average molecular weight is 285 g/mol. The highest BCUT2D eigenvalue weighted by atomic mass is 16.2. The van der Waals surface area contributed by atoms with Gasteiger partial charge in [0, 0.05) is 6.54 Å². The molecule has 0 unspecified atom stereocenters. The van der Waals surface area contributed by atoms with Crippen LogP contribution in [0.5, 0.6) is 0 Å². The van der Waals surface area contributed by atoms with E-state index in [-0.39, 0.29) is 11.9 Å². The first kappa shape index (κ1) is 13.8. The molecule has 0 aliphatic carbocycles. The van der Waals surface area contributed by atoms with Gasteiger partial charge < -0.3 is 0 Å². The van der Waals surface area contributed by atoms with Crippen LogP contribution in [0.15, 0.2) is 43.0 Å². The molecule has 1 aliphatic rings. The Morgan fingerprint density at radius 2 is 1.95 bits per heavy atom. The first-order valence-corrected chi connectivity index (χ1v) is 7.26. The molecule has 1 saturated heterocycles. The van der Waals surface area contributed by atoms with Crippen molar-refractivity contribution in [2.75, 3.05) is 12.0 Å². The van der Waals surface area contributed by atoms with E-state index in [2.05, 4.69) is 32.7 Å². The Morgan fingerprint density at radius 1 is 1.19 bits per heavy atom. The van der Waals surface area contributed by atoms with Gasteiger partial charge in [-0.1, -0.05) is 36.8 Å². The molecule has 2 aromatic rings. The Hall–Kier alpha value is -2.21. The molecular weight excluding hydrogens is 266 g/mol. The van der Waals surface area contributed by atoms with E-state index >= 15 is 0 Å². The molecule has 1 aromatic heterocycles. The van der Waals surface area contributed by atoms with Crippen molar-refractivity contribution >= 4 is 5.91 Å². The molecule has 1 fully saturated rings. The lowest BCUT2D eigenvalue weighted by atomic mass is 10.0. The average Bonchev–Trinajstić information content (AvgIpc) is 3.02. The third-order valence-corrected chi connectivity index (χ3v) is 3.80. The van der Waals surface area contributed by atoms with E-state index in [4.69, 9.17) is 0 Å². The number of nitrogens with one attached hydrogen (secondary N) is 1. The Morgan fingerprint density at radius 3 is 2.71 bits per heavy atom. The van der Waals surface area contributed by atoms with E-state index < -0.39 is 0 Å². The number of amides is 1. The van der Waals surface area contributed by atoms with Gasteiger partial charge in [-0.25, -0.2) is 4.68 Å². The van der Waals surface area contributed by atoms with Gasteiger partial charge in [-0.15, -0.1) is 10.2 Å². The van der Waals surface area contributed by atoms with Crippen molar-refractivity contribution in [3.8, 4) is 0 Å². The van der Waals surface area contributed by atoms with Crippen molar-refractivity contribution in [2.24, 2.45) is 0 Å². The van der Waals surface area contributed by atoms with Crippen LogP contribution >= 0.6 is 0 Å². The number of hydrogen-bond acceptors (Lipinski definition) is 4. The number of nitrogens with zero attached hydrogens (tertiary/aromatic N) is 4. The molecule has 21 heavy (non-hydrogen) atoms. The number of carbonyl (C=O) groups is 1. The molecule has 3 rings (SSSR count). The highest BCUT2D eigenvalue weighted by Crippen LogP contribution is 2.20. The molecule has 0 radical (unpaired) electrons. The van der Waals surface area contributed by atoms with Gasteiger partial charge >= 0.3 is 0 Å². The summed E-state index contributed by atoms with van der Waals surface area (Å²) >= 11 is 0. The van der Waals surface area contributed by atoms with Gasteiger partial charge in [-0.2, -0.15) is 0 Å². The van der Waals surface area contributed by atoms with Gasteiger partial charge in [0.2, 0.25) is 0 Å². The number of aromatic nitrogens is 3. The molecular formula is C15H19N5O. The second-order valence-corrected chi connectivity index (χ2v) is 5.31. The van der Waals surface area contributed by atoms with E-state index in [1.807, 2.05) is 18.2 Å². The zero-order chi connectivity index (χ0) is 14.5. The van der Waals surface area contributed by atoms with Crippen molar-refractivity contribution in [1.29, 1.82) is 0 Å². The number of piperidine rings is 1. The summed E-state index contributed by atoms with van der Waals surface area (Å²) in [5, 5.41) is 7.38. The van der Waals surface area contributed by atoms with Gasteiger partial charge in [-0.05, 0) is 24.9 Å². The lowest BCUT2D eigenvalue weighted by molar-refractivity contribution is -0.123. The normalized spacial score (nSPS) is 19.3. The van der Waals surface area contributed by atoms with Crippen LogP contribution in [-0.4, -0.2) is 38.3 Å². The van der Waals surface area contributed by atoms with E-state index in [0.717, 1.165) is 32.4 Å². The lowest BCUT2D eigenvalue weighted by Crippen LogP contribution is -2.48. The van der Waals surface area contributed by atoms with Crippen molar-refractivity contribution in [3.05, 3.63) is 48.5 Å². The van der Waals surface area contributed by atoms with E-state index in [0.29, 0.717) is 0 Å². The number of carbonyl (C=O) groups excluding carboxylic acids is 1. The number of benzene rings is 1. The van der Waals surface area contributed by atoms with Gasteiger partial charge in [0.15, 0.2) is 0 Å². The molecule has 0 saturated carbocycles. The molecule has 6 heteroatoms. The third kappa shape index (κ3) is 3.46. The molecule has 0 bridgehead atoms. The summed E-state index contributed by atoms with van der Waals surface area (Å²) in [6, 6.07) is 10.2. The molecule has 110 valence electrons. The molecule has 1 aromatic carbocycles. The van der Waals surface area contributed by atoms with Gasteiger partial charge in [0.25, 0.3) is 5.91 Å². The lowest BCUT2D eigenvalue weighted by Gasteiger charge is -2.34. The minimum Gasteiger partial charge on any atom is -0.288 e. The molecule has 1 aliphatic heterocycles. The topological polar surface area (TPSA) is 63.1 Å². The second-order valence-electron chi connectivity index (χ2n) is 5.31. The van der Waals surface area contributed by atoms with Crippen LogP contribution < -0.4 is 5.43 Å². The molecule has 1 amide bonds. The summed E-state index contributed by atoms with van der Waals surface area (Å²) in [6.45, 7) is 1.76. The summed E-state index contributed by atoms with van der Waals surface area (Å²) in [6.07, 6.45) is 6.10. The quantitative estimate of drug-likeness (QED) is 0.922. The van der Waals surface area contributed by atoms with Crippen LogP contribution in [0.1, 0.15) is 24.8 Å². The van der Waals surface area contributed by atoms with E-state index in [1.165, 1.54) is 22.9 Å². The standard InChI is InChI=1S/C15H19N5O/c21-15(18-20-11-16-17-12-20)14-8-4-5-9-19(14)10-13-6-2-1-3-7-13/h1-3,6-7,11-12,14H,4-5,8-10H2,(H,18,21)/t14-/m0/s1. The zero-order valence-corrected chi connectivity index (χ0v) is 11.9. The van der Waals surface area contributed by atoms with E-state index in [9.17, 15) is 4.79 Å². The molecule has 1 N–H and O–H groups in total. The third-order valence-electron chi connectivity index (χ3n) is 3.80. The number of rotatable bonds is 4. The van der Waals surface area contributed by atoms with Crippen LogP contribution in [-0.2, 0) is 11.3 Å². The summed E-state index contributed by atoms with van der Waals surface area (Å²) in [4.78, 5) is 14.7. The Kier molecular flexibility index (Phi) is 4.25. The smallest absolute Gasteiger partial charge is 0.256 e. The maximum atomic E-state index is 12.4. The zero-order valence-electron chi connectivity index (χ0n) is 11.9. The van der Waals surface area contributed by atoms with Crippen LogP contribution in [0.2, 0.25) is 0 Å². The van der Waals surface area contributed by atoms with Crippen molar-refractivity contribution in [3.63, 3.8) is 0 Å². The van der Waals surface area contributed by atoms with Crippen molar-refractivity contribution in [2.45, 2.75) is 31.8 Å².